The van der Waals surface area contributed by atoms with E-state index in [0.717, 1.165) is 0 Å². The van der Waals surface area contributed by atoms with Crippen molar-refractivity contribution in [1.29, 1.82) is 0 Å². The number of Topliss-reactive ketones (excluding diaryl/α,β-unsaturated/α-hetero) is 1. The standard InChI is InChI=1S/C15H12BrFO3/c1-19-13-4-2-10(3-5-13)15(18)9-20-14-7-11(16)6-12(17)8-14/h2-8H,9H2,1H3. The van der Waals surface area contributed by atoms with Crippen LogP contribution in [0.3, 0.4) is 0 Å². The summed E-state index contributed by atoms with van der Waals surface area (Å²) in [6, 6.07) is 10.9. The lowest BCUT2D eigenvalue weighted by atomic mass is 10.1. The highest BCUT2D eigenvalue weighted by molar-refractivity contribution is 9.10. The van der Waals surface area contributed by atoms with E-state index in [4.69, 9.17) is 9.47 Å². The molecule has 0 unspecified atom stereocenters. The van der Waals surface area contributed by atoms with Crippen LogP contribution in [0.1, 0.15) is 10.4 Å². The van der Waals surface area contributed by atoms with Crippen LogP contribution in [-0.2, 0) is 0 Å². The molecule has 5 heteroatoms. The molecule has 0 aliphatic heterocycles. The van der Waals surface area contributed by atoms with E-state index in [1.807, 2.05) is 0 Å². The smallest absolute Gasteiger partial charge is 0.200 e. The second-order valence-electron chi connectivity index (χ2n) is 4.05. The first-order valence-corrected chi connectivity index (χ1v) is 6.64. The van der Waals surface area contributed by atoms with Gasteiger partial charge < -0.3 is 9.47 Å². The molecular weight excluding hydrogens is 327 g/mol. The third kappa shape index (κ3) is 3.81. The molecule has 3 nitrogen and oxygen atoms in total. The molecule has 0 saturated heterocycles. The maximum atomic E-state index is 13.1. The van der Waals surface area contributed by atoms with Gasteiger partial charge in [0.1, 0.15) is 17.3 Å². The van der Waals surface area contributed by atoms with E-state index in [1.54, 1.807) is 37.4 Å². The van der Waals surface area contributed by atoms with E-state index in [-0.39, 0.29) is 12.4 Å². The fourth-order valence-electron chi connectivity index (χ4n) is 1.62. The van der Waals surface area contributed by atoms with Gasteiger partial charge in [0.2, 0.25) is 0 Å². The van der Waals surface area contributed by atoms with Crippen molar-refractivity contribution in [3.63, 3.8) is 0 Å². The number of hydrogen-bond acceptors (Lipinski definition) is 3. The SMILES string of the molecule is COc1ccc(C(=O)COc2cc(F)cc(Br)c2)cc1. The minimum absolute atomic E-state index is 0.151. The summed E-state index contributed by atoms with van der Waals surface area (Å²) in [6.07, 6.45) is 0. The molecule has 0 fully saturated rings. The van der Waals surface area contributed by atoms with Crippen molar-refractivity contribution in [1.82, 2.24) is 0 Å². The first-order valence-electron chi connectivity index (χ1n) is 5.84. The second-order valence-corrected chi connectivity index (χ2v) is 4.96. The molecular formula is C15H12BrFO3. The highest BCUT2D eigenvalue weighted by Crippen LogP contribution is 2.21. The second kappa shape index (κ2) is 6.52. The number of rotatable bonds is 5. The molecule has 0 N–H and O–H groups in total. The maximum absolute atomic E-state index is 13.1. The number of methoxy groups -OCH3 is 1. The number of benzene rings is 2. The molecule has 0 atom stereocenters. The summed E-state index contributed by atoms with van der Waals surface area (Å²) in [6.45, 7) is -0.151. The van der Waals surface area contributed by atoms with Crippen LogP contribution >= 0.6 is 15.9 Å². The lowest BCUT2D eigenvalue weighted by Gasteiger charge is -2.07. The summed E-state index contributed by atoms with van der Waals surface area (Å²) in [5.74, 6) is 0.370. The number of ketones is 1. The van der Waals surface area contributed by atoms with Crippen molar-refractivity contribution >= 4 is 21.7 Å². The Balaban J connectivity index is 2.00. The van der Waals surface area contributed by atoms with Crippen LogP contribution < -0.4 is 9.47 Å². The number of carbonyl (C=O) groups excluding carboxylic acids is 1. The third-order valence-corrected chi connectivity index (χ3v) is 3.08. The minimum Gasteiger partial charge on any atom is -0.497 e. The predicted octanol–water partition coefficient (Wildman–Crippen LogP) is 3.86. The van der Waals surface area contributed by atoms with Gasteiger partial charge in [0, 0.05) is 16.1 Å². The van der Waals surface area contributed by atoms with Crippen molar-refractivity contribution in [2.24, 2.45) is 0 Å². The highest BCUT2D eigenvalue weighted by Gasteiger charge is 2.08. The monoisotopic (exact) mass is 338 g/mol. The fourth-order valence-corrected chi connectivity index (χ4v) is 2.07. The molecule has 20 heavy (non-hydrogen) atoms. The molecule has 2 aromatic carbocycles. The molecule has 2 rings (SSSR count). The molecule has 0 saturated carbocycles. The molecule has 0 aliphatic carbocycles. The van der Waals surface area contributed by atoms with Gasteiger partial charge in [0.05, 0.1) is 7.11 Å². The Morgan fingerprint density at radius 1 is 1.15 bits per heavy atom. The fraction of sp³-hybridized carbons (Fsp3) is 0.133. The summed E-state index contributed by atoms with van der Waals surface area (Å²) in [5, 5.41) is 0. The van der Waals surface area contributed by atoms with E-state index in [9.17, 15) is 9.18 Å². The molecule has 0 spiro atoms. The van der Waals surface area contributed by atoms with Crippen molar-refractivity contribution in [2.45, 2.75) is 0 Å². The van der Waals surface area contributed by atoms with Gasteiger partial charge in [0.25, 0.3) is 0 Å². The van der Waals surface area contributed by atoms with Gasteiger partial charge in [0.15, 0.2) is 12.4 Å². The van der Waals surface area contributed by atoms with Crippen LogP contribution in [0.25, 0.3) is 0 Å². The van der Waals surface area contributed by atoms with Crippen LogP contribution in [0.15, 0.2) is 46.9 Å². The maximum Gasteiger partial charge on any atom is 0.200 e. The Bertz CT molecular complexity index is 591. The van der Waals surface area contributed by atoms with Crippen molar-refractivity contribution in [2.75, 3.05) is 13.7 Å². The molecule has 0 aromatic heterocycles. The summed E-state index contributed by atoms with van der Waals surface area (Å²) in [4.78, 5) is 11.9. The van der Waals surface area contributed by atoms with Crippen LogP contribution in [0.5, 0.6) is 11.5 Å². The Hall–Kier alpha value is -1.88. The van der Waals surface area contributed by atoms with E-state index in [0.29, 0.717) is 21.5 Å². The molecule has 0 aliphatic rings. The van der Waals surface area contributed by atoms with Crippen LogP contribution in [-0.4, -0.2) is 19.5 Å². The molecule has 0 bridgehead atoms. The largest absolute Gasteiger partial charge is 0.497 e. The van der Waals surface area contributed by atoms with Gasteiger partial charge in [-0.25, -0.2) is 4.39 Å². The van der Waals surface area contributed by atoms with Crippen molar-refractivity contribution in [3.8, 4) is 11.5 Å². The van der Waals surface area contributed by atoms with Gasteiger partial charge in [-0.05, 0) is 36.4 Å². The zero-order valence-corrected chi connectivity index (χ0v) is 12.3. The van der Waals surface area contributed by atoms with Crippen LogP contribution in [0.2, 0.25) is 0 Å². The number of carbonyl (C=O) groups is 1. The lowest BCUT2D eigenvalue weighted by molar-refractivity contribution is 0.0921. The topological polar surface area (TPSA) is 35.5 Å². The summed E-state index contributed by atoms with van der Waals surface area (Å²) in [5.41, 5.74) is 0.515. The van der Waals surface area contributed by atoms with Crippen LogP contribution in [0, 0.1) is 5.82 Å². The summed E-state index contributed by atoms with van der Waals surface area (Å²) >= 11 is 3.16. The molecule has 0 amide bonds. The average molecular weight is 339 g/mol. The molecule has 104 valence electrons. The first-order chi connectivity index (χ1) is 9.58. The minimum atomic E-state index is -0.425. The Kier molecular flexibility index (Phi) is 4.74. The van der Waals surface area contributed by atoms with Gasteiger partial charge >= 0.3 is 0 Å². The third-order valence-electron chi connectivity index (χ3n) is 2.62. The molecule has 0 heterocycles. The normalized spacial score (nSPS) is 10.2. The zero-order chi connectivity index (χ0) is 14.5. The van der Waals surface area contributed by atoms with E-state index in [1.165, 1.54) is 12.1 Å². The van der Waals surface area contributed by atoms with Crippen molar-refractivity contribution < 1.29 is 18.7 Å². The van der Waals surface area contributed by atoms with E-state index < -0.39 is 5.82 Å². The number of halogens is 2. The Morgan fingerprint density at radius 3 is 2.45 bits per heavy atom. The zero-order valence-electron chi connectivity index (χ0n) is 10.7. The Labute approximate surface area is 124 Å². The number of hydrogen-bond donors (Lipinski definition) is 0. The van der Waals surface area contributed by atoms with Gasteiger partial charge in [-0.1, -0.05) is 15.9 Å². The predicted molar refractivity (Wildman–Crippen MR) is 76.9 cm³/mol. The average Bonchev–Trinajstić information content (AvgIpc) is 2.44. The van der Waals surface area contributed by atoms with Gasteiger partial charge in [-0.3, -0.25) is 4.79 Å². The first kappa shape index (κ1) is 14.5. The Morgan fingerprint density at radius 2 is 1.85 bits per heavy atom. The van der Waals surface area contributed by atoms with Gasteiger partial charge in [-0.2, -0.15) is 0 Å². The van der Waals surface area contributed by atoms with Gasteiger partial charge in [-0.15, -0.1) is 0 Å². The molecule has 2 aromatic rings. The van der Waals surface area contributed by atoms with Crippen LogP contribution in [0.4, 0.5) is 4.39 Å². The quantitative estimate of drug-likeness (QED) is 0.776. The molecule has 0 radical (unpaired) electrons. The lowest BCUT2D eigenvalue weighted by Crippen LogP contribution is -2.11. The summed E-state index contributed by atoms with van der Waals surface area (Å²) in [7, 11) is 1.56. The van der Waals surface area contributed by atoms with Crippen molar-refractivity contribution in [3.05, 3.63) is 58.3 Å². The highest BCUT2D eigenvalue weighted by atomic mass is 79.9. The summed E-state index contributed by atoms with van der Waals surface area (Å²) < 4.78 is 24.0. The number of ether oxygens (including phenoxy) is 2. The van der Waals surface area contributed by atoms with E-state index in [2.05, 4.69) is 15.9 Å². The van der Waals surface area contributed by atoms with E-state index >= 15 is 0 Å².